The summed E-state index contributed by atoms with van der Waals surface area (Å²) in [5, 5.41) is 8.44. The highest BCUT2D eigenvalue weighted by Crippen LogP contribution is 2.26. The summed E-state index contributed by atoms with van der Waals surface area (Å²) < 4.78 is 28.0. The van der Waals surface area contributed by atoms with Crippen LogP contribution in [0.4, 0.5) is 5.69 Å². The molecule has 0 spiro atoms. The van der Waals surface area contributed by atoms with Crippen LogP contribution in [0.5, 0.6) is 0 Å². The molecule has 1 heterocycles. The number of amidine groups is 1. The van der Waals surface area contributed by atoms with Crippen LogP contribution in [0.1, 0.15) is 36.2 Å². The zero-order chi connectivity index (χ0) is 21.0. The highest BCUT2D eigenvalue weighted by molar-refractivity contribution is 7.90. The van der Waals surface area contributed by atoms with Crippen molar-refractivity contribution in [3.8, 4) is 0 Å². The first kappa shape index (κ1) is 20.5. The molecule has 152 valence electrons. The molecule has 0 aliphatic carbocycles. The predicted octanol–water partition coefficient (Wildman–Crippen LogP) is 1.89. The first-order valence-electron chi connectivity index (χ1n) is 9.15. The van der Waals surface area contributed by atoms with Crippen LogP contribution in [0.25, 0.3) is 0 Å². The van der Waals surface area contributed by atoms with Crippen LogP contribution in [-0.4, -0.2) is 38.7 Å². The van der Waals surface area contributed by atoms with E-state index in [4.69, 9.17) is 0 Å². The molecule has 1 aliphatic heterocycles. The molecule has 2 aromatic rings. The molecular formula is C20H22N4O4S. The van der Waals surface area contributed by atoms with Crippen molar-refractivity contribution in [1.82, 2.24) is 10.6 Å². The molecule has 0 saturated heterocycles. The molecule has 3 rings (SSSR count). The Labute approximate surface area is 169 Å². The standard InChI is InChI=1S/C20H22N4O4S/c1-13(2)22-18(25)11-12-21-20(26)14-7-9-15(10-8-14)23-19-16-5-3-4-6-17(16)29(27,28)24-19/h3-10,13H,11-12H2,1-2H3,(H,21,26)(H,22,25)(H,23,24). The van der Waals surface area contributed by atoms with Crippen molar-refractivity contribution in [2.45, 2.75) is 31.2 Å². The molecule has 0 fully saturated rings. The van der Waals surface area contributed by atoms with Crippen LogP contribution < -0.4 is 16.0 Å². The zero-order valence-corrected chi connectivity index (χ0v) is 16.9. The molecule has 9 heteroatoms. The van der Waals surface area contributed by atoms with Crippen LogP contribution >= 0.6 is 0 Å². The maximum Gasteiger partial charge on any atom is 0.285 e. The van der Waals surface area contributed by atoms with E-state index in [9.17, 15) is 18.0 Å². The van der Waals surface area contributed by atoms with Crippen LogP contribution in [-0.2, 0) is 14.8 Å². The number of carbonyl (C=O) groups is 2. The smallest absolute Gasteiger partial charge is 0.285 e. The molecule has 2 aromatic carbocycles. The minimum absolute atomic E-state index is 0.0599. The lowest BCUT2D eigenvalue weighted by Gasteiger charge is -2.10. The van der Waals surface area contributed by atoms with E-state index in [0.717, 1.165) is 0 Å². The average Bonchev–Trinajstić information content (AvgIpc) is 2.92. The SMILES string of the molecule is CC(C)NC(=O)CCNC(=O)c1ccc(NC2=NS(=O)(=O)c3ccccc32)cc1. The summed E-state index contributed by atoms with van der Waals surface area (Å²) >= 11 is 0. The number of nitrogens with zero attached hydrogens (tertiary/aromatic N) is 1. The molecule has 3 N–H and O–H groups in total. The van der Waals surface area contributed by atoms with Crippen molar-refractivity contribution in [2.24, 2.45) is 4.40 Å². The topological polar surface area (TPSA) is 117 Å². The van der Waals surface area contributed by atoms with Gasteiger partial charge in [-0.15, -0.1) is 4.40 Å². The number of rotatable bonds is 6. The van der Waals surface area contributed by atoms with Crippen LogP contribution in [0.15, 0.2) is 57.8 Å². The summed E-state index contributed by atoms with van der Waals surface area (Å²) in [6, 6.07) is 13.2. The second kappa shape index (κ2) is 8.44. The summed E-state index contributed by atoms with van der Waals surface area (Å²) in [4.78, 5) is 23.9. The molecule has 8 nitrogen and oxygen atoms in total. The Balaban J connectivity index is 1.60. The van der Waals surface area contributed by atoms with Gasteiger partial charge in [0.1, 0.15) is 4.90 Å². The molecule has 1 aliphatic rings. The summed E-state index contributed by atoms with van der Waals surface area (Å²) in [7, 11) is -3.69. The summed E-state index contributed by atoms with van der Waals surface area (Å²) in [5.41, 5.74) is 1.54. The number of hydrogen-bond donors (Lipinski definition) is 3. The van der Waals surface area contributed by atoms with Gasteiger partial charge in [-0.2, -0.15) is 8.42 Å². The molecule has 0 unspecified atom stereocenters. The lowest BCUT2D eigenvalue weighted by molar-refractivity contribution is -0.121. The minimum atomic E-state index is -3.69. The zero-order valence-electron chi connectivity index (χ0n) is 16.1. The van der Waals surface area contributed by atoms with Crippen LogP contribution in [0.2, 0.25) is 0 Å². The Hall–Kier alpha value is -3.20. The fraction of sp³-hybridized carbons (Fsp3) is 0.250. The maximum atomic E-state index is 12.2. The van der Waals surface area contributed by atoms with Crippen molar-refractivity contribution in [3.05, 3.63) is 59.7 Å². The van der Waals surface area contributed by atoms with Crippen molar-refractivity contribution < 1.29 is 18.0 Å². The minimum Gasteiger partial charge on any atom is -0.354 e. The Morgan fingerprint density at radius 1 is 1.03 bits per heavy atom. The van der Waals surface area contributed by atoms with Gasteiger partial charge < -0.3 is 16.0 Å². The monoisotopic (exact) mass is 414 g/mol. The summed E-state index contributed by atoms with van der Waals surface area (Å²) in [6.07, 6.45) is 0.206. The van der Waals surface area contributed by atoms with Crippen LogP contribution in [0.3, 0.4) is 0 Å². The van der Waals surface area contributed by atoms with Crippen molar-refractivity contribution >= 4 is 33.4 Å². The Bertz CT molecular complexity index is 1060. The number of fused-ring (bicyclic) bond motifs is 1. The third-order valence-electron chi connectivity index (χ3n) is 4.13. The lowest BCUT2D eigenvalue weighted by Crippen LogP contribution is -2.34. The van der Waals surface area contributed by atoms with Crippen molar-refractivity contribution in [1.29, 1.82) is 0 Å². The first-order chi connectivity index (χ1) is 13.8. The fourth-order valence-corrected chi connectivity index (χ4v) is 4.00. The van der Waals surface area contributed by atoms with Gasteiger partial charge in [0.15, 0.2) is 5.84 Å². The number of anilines is 1. The molecule has 0 aromatic heterocycles. The average molecular weight is 414 g/mol. The second-order valence-electron chi connectivity index (χ2n) is 6.84. The largest absolute Gasteiger partial charge is 0.354 e. The van der Waals surface area contributed by atoms with E-state index in [-0.39, 0.29) is 41.6 Å². The normalized spacial score (nSPS) is 14.1. The van der Waals surface area contributed by atoms with E-state index in [2.05, 4.69) is 20.3 Å². The van der Waals surface area contributed by atoms with E-state index in [1.165, 1.54) is 6.07 Å². The van der Waals surface area contributed by atoms with Gasteiger partial charge in [-0.05, 0) is 50.2 Å². The lowest BCUT2D eigenvalue weighted by atomic mass is 10.1. The molecule has 0 saturated carbocycles. The number of sulfonamides is 1. The second-order valence-corrected chi connectivity index (χ2v) is 8.41. The highest BCUT2D eigenvalue weighted by Gasteiger charge is 2.28. The van der Waals surface area contributed by atoms with Gasteiger partial charge >= 0.3 is 0 Å². The van der Waals surface area contributed by atoms with E-state index in [1.54, 1.807) is 42.5 Å². The molecule has 0 bridgehead atoms. The number of hydrogen-bond acceptors (Lipinski definition) is 5. The fourth-order valence-electron chi connectivity index (χ4n) is 2.82. The molecule has 29 heavy (non-hydrogen) atoms. The van der Waals surface area contributed by atoms with Gasteiger partial charge in [-0.1, -0.05) is 12.1 Å². The van der Waals surface area contributed by atoms with E-state index < -0.39 is 10.0 Å². The number of nitrogens with one attached hydrogen (secondary N) is 3. The van der Waals surface area contributed by atoms with Gasteiger partial charge in [-0.25, -0.2) is 0 Å². The Morgan fingerprint density at radius 2 is 1.72 bits per heavy atom. The predicted molar refractivity (Wildman–Crippen MR) is 110 cm³/mol. The Morgan fingerprint density at radius 3 is 2.41 bits per heavy atom. The van der Waals surface area contributed by atoms with Gasteiger partial charge in [0.25, 0.3) is 15.9 Å². The van der Waals surface area contributed by atoms with Crippen molar-refractivity contribution in [3.63, 3.8) is 0 Å². The number of amides is 2. The van der Waals surface area contributed by atoms with E-state index in [1.807, 2.05) is 13.8 Å². The number of carbonyl (C=O) groups excluding carboxylic acids is 2. The third kappa shape index (κ3) is 5.00. The summed E-state index contributed by atoms with van der Waals surface area (Å²) in [6.45, 7) is 3.98. The molecular weight excluding hydrogens is 392 g/mol. The molecule has 2 amide bonds. The third-order valence-corrected chi connectivity index (χ3v) is 5.46. The maximum absolute atomic E-state index is 12.2. The summed E-state index contributed by atoms with van der Waals surface area (Å²) in [5.74, 6) is -0.165. The molecule has 0 atom stereocenters. The van der Waals surface area contributed by atoms with Gasteiger partial charge in [-0.3, -0.25) is 9.59 Å². The Kier molecular flexibility index (Phi) is 5.97. The van der Waals surface area contributed by atoms with E-state index in [0.29, 0.717) is 16.8 Å². The van der Waals surface area contributed by atoms with Crippen molar-refractivity contribution in [2.75, 3.05) is 11.9 Å². The van der Waals surface area contributed by atoms with Gasteiger partial charge in [0, 0.05) is 35.8 Å². The quantitative estimate of drug-likeness (QED) is 0.667. The van der Waals surface area contributed by atoms with Gasteiger partial charge in [0.05, 0.1) is 0 Å². The van der Waals surface area contributed by atoms with Crippen LogP contribution in [0, 0.1) is 0 Å². The highest BCUT2D eigenvalue weighted by atomic mass is 32.2. The van der Waals surface area contributed by atoms with E-state index >= 15 is 0 Å². The first-order valence-corrected chi connectivity index (χ1v) is 10.6. The number of benzene rings is 2. The van der Waals surface area contributed by atoms with Gasteiger partial charge in [0.2, 0.25) is 5.91 Å². The molecule has 0 radical (unpaired) electrons.